The van der Waals surface area contributed by atoms with Gasteiger partial charge in [0.2, 0.25) is 5.13 Å². The second-order valence-electron chi connectivity index (χ2n) is 5.55. The smallest absolute Gasteiger partial charge is 0.277 e. The second-order valence-corrected chi connectivity index (χ2v) is 7.42. The molecule has 1 aromatic carbocycles. The van der Waals surface area contributed by atoms with Gasteiger partial charge in [0.25, 0.3) is 5.91 Å². The number of hydrogen-bond donors (Lipinski definition) is 2. The van der Waals surface area contributed by atoms with Crippen molar-refractivity contribution < 1.29 is 4.79 Å². The van der Waals surface area contributed by atoms with Gasteiger partial charge in [0.1, 0.15) is 10.7 Å². The van der Waals surface area contributed by atoms with E-state index in [0.29, 0.717) is 23.3 Å². The van der Waals surface area contributed by atoms with Crippen LogP contribution in [0.3, 0.4) is 0 Å². The van der Waals surface area contributed by atoms with Crippen LogP contribution >= 0.6 is 22.7 Å². The van der Waals surface area contributed by atoms with Crippen LogP contribution in [-0.2, 0) is 6.54 Å². The number of carbonyl (C=O) groups is 1. The molecule has 0 radical (unpaired) electrons. The van der Waals surface area contributed by atoms with Crippen LogP contribution in [0.2, 0.25) is 0 Å². The third-order valence-corrected chi connectivity index (χ3v) is 5.41. The minimum absolute atomic E-state index is 0.252. The van der Waals surface area contributed by atoms with E-state index in [4.69, 9.17) is 0 Å². The number of rotatable bonds is 6. The largest absolute Gasteiger partial charge is 0.357 e. The molecule has 0 unspecified atom stereocenters. The highest BCUT2D eigenvalue weighted by Crippen LogP contribution is 2.42. The molecule has 4 rings (SSSR count). The number of hydrogen-bond acceptors (Lipinski definition) is 7. The van der Waals surface area contributed by atoms with Gasteiger partial charge in [-0.15, -0.1) is 21.5 Å². The first-order chi connectivity index (χ1) is 11.8. The van der Waals surface area contributed by atoms with Gasteiger partial charge >= 0.3 is 0 Å². The van der Waals surface area contributed by atoms with E-state index in [9.17, 15) is 4.79 Å². The third kappa shape index (κ3) is 3.60. The first-order valence-corrected chi connectivity index (χ1v) is 9.35. The van der Waals surface area contributed by atoms with Crippen LogP contribution in [0, 0.1) is 0 Å². The molecule has 24 heavy (non-hydrogen) atoms. The number of anilines is 2. The number of thiazole rings is 1. The molecule has 1 saturated carbocycles. The average Bonchev–Trinajstić information content (AvgIpc) is 3.17. The maximum atomic E-state index is 12.2. The van der Waals surface area contributed by atoms with Crippen molar-refractivity contribution in [2.24, 2.45) is 0 Å². The fourth-order valence-electron chi connectivity index (χ4n) is 2.17. The summed E-state index contributed by atoms with van der Waals surface area (Å²) in [5.41, 5.74) is 1.55. The maximum absolute atomic E-state index is 12.2. The van der Waals surface area contributed by atoms with Crippen LogP contribution in [0.4, 0.5) is 10.3 Å². The van der Waals surface area contributed by atoms with Crippen molar-refractivity contribution in [3.63, 3.8) is 0 Å². The van der Waals surface area contributed by atoms with E-state index < -0.39 is 0 Å². The van der Waals surface area contributed by atoms with Crippen molar-refractivity contribution in [1.29, 1.82) is 0 Å². The first-order valence-electron chi connectivity index (χ1n) is 7.66. The molecule has 8 heteroatoms. The third-order valence-electron chi connectivity index (χ3n) is 3.61. The predicted molar refractivity (Wildman–Crippen MR) is 95.7 cm³/mol. The molecule has 122 valence electrons. The summed E-state index contributed by atoms with van der Waals surface area (Å²) in [6.07, 6.45) is 2.34. The van der Waals surface area contributed by atoms with Crippen molar-refractivity contribution in [3.05, 3.63) is 52.0 Å². The van der Waals surface area contributed by atoms with Crippen LogP contribution in [0.25, 0.3) is 0 Å². The normalized spacial score (nSPS) is 13.7. The quantitative estimate of drug-likeness (QED) is 0.702. The van der Waals surface area contributed by atoms with Crippen molar-refractivity contribution in [2.75, 3.05) is 10.6 Å². The summed E-state index contributed by atoms with van der Waals surface area (Å²) in [5.74, 6) is 0.290. The minimum atomic E-state index is -0.252. The van der Waals surface area contributed by atoms with Gasteiger partial charge in [-0.25, -0.2) is 4.98 Å². The Labute approximate surface area is 147 Å². The number of carbonyl (C=O) groups excluding carboxylic acids is 1. The Bertz CT molecular complexity index is 841. The van der Waals surface area contributed by atoms with E-state index in [1.54, 1.807) is 5.38 Å². The zero-order chi connectivity index (χ0) is 16.4. The van der Waals surface area contributed by atoms with Gasteiger partial charge in [-0.2, -0.15) is 0 Å². The lowest BCUT2D eigenvalue weighted by Gasteiger charge is -2.02. The molecule has 3 aromatic rings. The lowest BCUT2D eigenvalue weighted by atomic mass is 10.2. The van der Waals surface area contributed by atoms with E-state index >= 15 is 0 Å². The van der Waals surface area contributed by atoms with Gasteiger partial charge in [-0.1, -0.05) is 41.7 Å². The highest BCUT2D eigenvalue weighted by Gasteiger charge is 2.27. The van der Waals surface area contributed by atoms with Crippen molar-refractivity contribution in [1.82, 2.24) is 15.2 Å². The Morgan fingerprint density at radius 1 is 1.17 bits per heavy atom. The summed E-state index contributed by atoms with van der Waals surface area (Å²) in [5, 5.41) is 18.1. The Balaban J connectivity index is 1.35. The number of aromatic nitrogens is 3. The zero-order valence-corrected chi connectivity index (χ0v) is 14.4. The fourth-order valence-corrected chi connectivity index (χ4v) is 3.77. The number of benzene rings is 1. The molecule has 6 nitrogen and oxygen atoms in total. The Morgan fingerprint density at radius 2 is 2.00 bits per heavy atom. The molecule has 1 aliphatic carbocycles. The molecule has 0 aliphatic heterocycles. The molecule has 2 heterocycles. The molecule has 1 aliphatic rings. The monoisotopic (exact) mass is 357 g/mol. The Kier molecular flexibility index (Phi) is 4.22. The van der Waals surface area contributed by atoms with E-state index in [1.165, 1.54) is 41.1 Å². The maximum Gasteiger partial charge on any atom is 0.277 e. The standard InChI is InChI=1S/C16H15N5OS2/c22-13(19-16-21-20-14(24-16)11-6-7-11)12-9-23-15(18-12)17-8-10-4-2-1-3-5-10/h1-5,9,11H,6-8H2,(H,17,18)(H,19,21,22). The van der Waals surface area contributed by atoms with E-state index in [0.717, 1.165) is 10.1 Å². The van der Waals surface area contributed by atoms with Gasteiger partial charge in [-0.3, -0.25) is 10.1 Å². The molecular formula is C16H15N5OS2. The van der Waals surface area contributed by atoms with Gasteiger partial charge in [0.05, 0.1) is 0 Å². The molecule has 1 fully saturated rings. The topological polar surface area (TPSA) is 79.8 Å². The SMILES string of the molecule is O=C(Nc1nnc(C2CC2)s1)c1csc(NCc2ccccc2)n1. The van der Waals surface area contributed by atoms with Crippen LogP contribution < -0.4 is 10.6 Å². The molecule has 0 saturated heterocycles. The first kappa shape index (κ1) is 15.2. The lowest BCUT2D eigenvalue weighted by Crippen LogP contribution is -2.12. The van der Waals surface area contributed by atoms with Crippen LogP contribution in [-0.4, -0.2) is 21.1 Å². The van der Waals surface area contributed by atoms with E-state index in [1.807, 2.05) is 30.3 Å². The molecule has 0 bridgehead atoms. The van der Waals surface area contributed by atoms with E-state index in [-0.39, 0.29) is 5.91 Å². The lowest BCUT2D eigenvalue weighted by molar-refractivity contribution is 0.102. The summed E-state index contributed by atoms with van der Waals surface area (Å²) in [6.45, 7) is 0.677. The minimum Gasteiger partial charge on any atom is -0.357 e. The molecule has 2 aromatic heterocycles. The van der Waals surface area contributed by atoms with Crippen molar-refractivity contribution >= 4 is 38.8 Å². The highest BCUT2D eigenvalue weighted by atomic mass is 32.1. The fraction of sp³-hybridized carbons (Fsp3) is 0.250. The van der Waals surface area contributed by atoms with Crippen molar-refractivity contribution in [2.45, 2.75) is 25.3 Å². The van der Waals surface area contributed by atoms with Gasteiger partial charge in [-0.05, 0) is 18.4 Å². The summed E-state index contributed by atoms with van der Waals surface area (Å²) in [7, 11) is 0. The summed E-state index contributed by atoms with van der Waals surface area (Å²) in [4.78, 5) is 16.6. The molecule has 0 atom stereocenters. The molecule has 2 N–H and O–H groups in total. The predicted octanol–water partition coefficient (Wildman–Crippen LogP) is 3.74. The van der Waals surface area contributed by atoms with Gasteiger partial charge in [0, 0.05) is 17.8 Å². The van der Waals surface area contributed by atoms with E-state index in [2.05, 4.69) is 25.8 Å². The molecule has 1 amide bonds. The number of amides is 1. The molecule has 0 spiro atoms. The summed E-state index contributed by atoms with van der Waals surface area (Å²) in [6, 6.07) is 10.1. The summed E-state index contributed by atoms with van der Waals surface area (Å²) < 4.78 is 0. The Morgan fingerprint density at radius 3 is 2.79 bits per heavy atom. The molecular weight excluding hydrogens is 342 g/mol. The van der Waals surface area contributed by atoms with Crippen LogP contribution in [0.5, 0.6) is 0 Å². The van der Waals surface area contributed by atoms with Crippen molar-refractivity contribution in [3.8, 4) is 0 Å². The Hall–Kier alpha value is -2.32. The zero-order valence-electron chi connectivity index (χ0n) is 12.7. The number of nitrogens with zero attached hydrogens (tertiary/aromatic N) is 3. The van der Waals surface area contributed by atoms with Crippen LogP contribution in [0.15, 0.2) is 35.7 Å². The summed E-state index contributed by atoms with van der Waals surface area (Å²) >= 11 is 2.86. The van der Waals surface area contributed by atoms with Crippen LogP contribution in [0.1, 0.15) is 39.8 Å². The van der Waals surface area contributed by atoms with Gasteiger partial charge < -0.3 is 5.32 Å². The second kappa shape index (κ2) is 6.66. The average molecular weight is 357 g/mol. The highest BCUT2D eigenvalue weighted by molar-refractivity contribution is 7.15. The number of nitrogens with one attached hydrogen (secondary N) is 2. The van der Waals surface area contributed by atoms with Gasteiger partial charge in [0.15, 0.2) is 5.13 Å².